The minimum Gasteiger partial charge on any atom is -0.490 e. The van der Waals surface area contributed by atoms with Crippen molar-refractivity contribution in [2.24, 2.45) is 5.16 Å². The van der Waals surface area contributed by atoms with Crippen molar-refractivity contribution in [1.82, 2.24) is 5.32 Å². The molecule has 3 aromatic rings. The highest BCUT2D eigenvalue weighted by molar-refractivity contribution is 8.15. The average Bonchev–Trinajstić information content (AvgIpc) is 3.21. The Morgan fingerprint density at radius 3 is 2.22 bits per heavy atom. The minimum absolute atomic E-state index is 0.212. The summed E-state index contributed by atoms with van der Waals surface area (Å²) in [7, 11) is -3.57. The number of sulfone groups is 1. The summed E-state index contributed by atoms with van der Waals surface area (Å²) in [5.74, 6) is 0.393. The van der Waals surface area contributed by atoms with Crippen molar-refractivity contribution in [3.8, 4) is 5.75 Å². The molecule has 0 saturated carbocycles. The molecule has 0 spiro atoms. The fraction of sp³-hybridized carbons (Fsp3) is 0.192. The predicted molar refractivity (Wildman–Crippen MR) is 137 cm³/mol. The van der Waals surface area contributed by atoms with E-state index in [1.807, 2.05) is 12.1 Å². The van der Waals surface area contributed by atoms with Gasteiger partial charge in [-0.3, -0.25) is 14.9 Å². The van der Waals surface area contributed by atoms with E-state index < -0.39 is 15.1 Å². The number of thioether (sulfide) groups is 1. The normalized spacial score (nSPS) is 16.0. The molecule has 0 aliphatic carbocycles. The number of ether oxygens (including phenoxy) is 1. The van der Waals surface area contributed by atoms with E-state index in [1.54, 1.807) is 73.7 Å². The van der Waals surface area contributed by atoms with Gasteiger partial charge in [0.15, 0.2) is 6.61 Å². The van der Waals surface area contributed by atoms with E-state index in [-0.39, 0.29) is 34.2 Å². The van der Waals surface area contributed by atoms with Crippen molar-refractivity contribution in [2.45, 2.75) is 28.4 Å². The molecule has 1 atom stereocenters. The van der Waals surface area contributed by atoms with Gasteiger partial charge in [0.1, 0.15) is 12.4 Å². The van der Waals surface area contributed by atoms with E-state index >= 15 is 0 Å². The molecule has 186 valence electrons. The van der Waals surface area contributed by atoms with Gasteiger partial charge in [-0.1, -0.05) is 59.4 Å². The highest BCUT2D eigenvalue weighted by atomic mass is 32.2. The zero-order valence-electron chi connectivity index (χ0n) is 19.4. The Labute approximate surface area is 213 Å². The van der Waals surface area contributed by atoms with Crippen molar-refractivity contribution in [3.63, 3.8) is 0 Å². The van der Waals surface area contributed by atoms with E-state index in [2.05, 4.69) is 10.5 Å². The highest BCUT2D eigenvalue weighted by Crippen LogP contribution is 2.24. The van der Waals surface area contributed by atoms with Crippen molar-refractivity contribution in [2.75, 3.05) is 13.2 Å². The number of nitrogens with one attached hydrogen (secondary N) is 1. The largest absolute Gasteiger partial charge is 0.490 e. The van der Waals surface area contributed by atoms with Gasteiger partial charge in [-0.15, -0.1) is 0 Å². The molecule has 2 amide bonds. The summed E-state index contributed by atoms with van der Waals surface area (Å²) in [6, 6.07) is 22.1. The number of oxime groups is 1. The molecule has 1 unspecified atom stereocenters. The van der Waals surface area contributed by atoms with Gasteiger partial charge in [0, 0.05) is 0 Å². The predicted octanol–water partition coefficient (Wildman–Crippen LogP) is 4.23. The van der Waals surface area contributed by atoms with Crippen LogP contribution < -0.4 is 10.1 Å². The van der Waals surface area contributed by atoms with Crippen LogP contribution in [-0.4, -0.2) is 43.7 Å². The lowest BCUT2D eigenvalue weighted by molar-refractivity contribution is -0.118. The zero-order valence-corrected chi connectivity index (χ0v) is 21.1. The van der Waals surface area contributed by atoms with Crippen LogP contribution in [0.15, 0.2) is 93.8 Å². The van der Waals surface area contributed by atoms with E-state index in [1.165, 1.54) is 0 Å². The number of nitrogens with zero attached hydrogens (tertiary/aromatic N) is 1. The Hall–Kier alpha value is -3.63. The van der Waals surface area contributed by atoms with Gasteiger partial charge in [-0.2, -0.15) is 0 Å². The maximum atomic E-state index is 12.7. The van der Waals surface area contributed by atoms with Gasteiger partial charge < -0.3 is 9.57 Å². The van der Waals surface area contributed by atoms with Gasteiger partial charge in [0.05, 0.1) is 20.8 Å². The smallest absolute Gasteiger partial charge is 0.286 e. The molecule has 0 bridgehead atoms. The molecular formula is C26H24N2O6S2. The van der Waals surface area contributed by atoms with Crippen molar-refractivity contribution in [1.29, 1.82) is 0 Å². The van der Waals surface area contributed by atoms with Crippen LogP contribution in [-0.2, 0) is 25.9 Å². The summed E-state index contributed by atoms with van der Waals surface area (Å²) < 4.78 is 31.0. The first kappa shape index (κ1) is 25.5. The lowest BCUT2D eigenvalue weighted by atomic mass is 10.1. The summed E-state index contributed by atoms with van der Waals surface area (Å²) >= 11 is 1.01. The molecule has 36 heavy (non-hydrogen) atoms. The van der Waals surface area contributed by atoms with Crippen LogP contribution in [0, 0.1) is 0 Å². The van der Waals surface area contributed by atoms with E-state index in [9.17, 15) is 18.0 Å². The number of hydrogen-bond donors (Lipinski definition) is 1. The Morgan fingerprint density at radius 1 is 0.917 bits per heavy atom. The maximum Gasteiger partial charge on any atom is 0.286 e. The number of carbonyl (C=O) groups is 2. The molecule has 0 aromatic heterocycles. The van der Waals surface area contributed by atoms with Gasteiger partial charge in [0.25, 0.3) is 5.24 Å². The SMILES string of the molecule is CC(=NOCCOc1ccc(CC2SC(=O)NC2=O)cc1)c1ccc(S(=O)(=O)c2ccccc2)cc1. The highest BCUT2D eigenvalue weighted by Gasteiger charge is 2.31. The first-order valence-corrected chi connectivity index (χ1v) is 13.5. The molecule has 10 heteroatoms. The third-order valence-electron chi connectivity index (χ3n) is 5.39. The number of hydrogen-bond acceptors (Lipinski definition) is 8. The lowest BCUT2D eigenvalue weighted by Crippen LogP contribution is -2.25. The fourth-order valence-corrected chi connectivity index (χ4v) is 5.61. The quantitative estimate of drug-likeness (QED) is 0.240. The van der Waals surface area contributed by atoms with Gasteiger partial charge in [-0.25, -0.2) is 8.42 Å². The van der Waals surface area contributed by atoms with Crippen LogP contribution >= 0.6 is 11.8 Å². The van der Waals surface area contributed by atoms with Crippen LogP contribution in [0.2, 0.25) is 0 Å². The second-order valence-electron chi connectivity index (χ2n) is 7.93. The summed E-state index contributed by atoms with van der Waals surface area (Å²) in [6.45, 7) is 2.27. The van der Waals surface area contributed by atoms with E-state index in [0.29, 0.717) is 17.9 Å². The minimum atomic E-state index is -3.57. The number of carbonyl (C=O) groups excluding carboxylic acids is 2. The fourth-order valence-electron chi connectivity index (χ4n) is 3.47. The molecule has 1 saturated heterocycles. The Bertz CT molecular complexity index is 1360. The second kappa shape index (κ2) is 11.4. The van der Waals surface area contributed by atoms with Crippen molar-refractivity contribution < 1.29 is 27.6 Å². The van der Waals surface area contributed by atoms with E-state index in [4.69, 9.17) is 9.57 Å². The van der Waals surface area contributed by atoms with Gasteiger partial charge in [-0.05, 0) is 60.9 Å². The first-order chi connectivity index (χ1) is 17.3. The van der Waals surface area contributed by atoms with Gasteiger partial charge in [0.2, 0.25) is 15.7 Å². The zero-order chi connectivity index (χ0) is 25.5. The standard InChI is InChI=1S/C26H24N2O6S2/c1-18(20-9-13-23(14-10-20)36(31,32)22-5-3-2-4-6-22)28-34-16-15-33-21-11-7-19(8-12-21)17-24-25(29)27-26(30)35-24/h2-14,24H,15-17H2,1H3,(H,27,29,30). The van der Waals surface area contributed by atoms with Crippen LogP contribution in [0.1, 0.15) is 18.1 Å². The van der Waals surface area contributed by atoms with Crippen molar-refractivity contribution in [3.05, 3.63) is 90.0 Å². The van der Waals surface area contributed by atoms with E-state index in [0.717, 1.165) is 22.9 Å². The molecule has 1 fully saturated rings. The molecule has 1 aliphatic heterocycles. The number of rotatable bonds is 10. The molecule has 3 aromatic carbocycles. The van der Waals surface area contributed by atoms with Gasteiger partial charge >= 0.3 is 0 Å². The summed E-state index contributed by atoms with van der Waals surface area (Å²) in [6.07, 6.45) is 0.471. The Balaban J connectivity index is 1.23. The number of benzene rings is 3. The third-order valence-corrected chi connectivity index (χ3v) is 8.16. The molecule has 1 N–H and O–H groups in total. The monoisotopic (exact) mass is 524 g/mol. The van der Waals surface area contributed by atoms with Crippen LogP contribution in [0.5, 0.6) is 5.75 Å². The molecular weight excluding hydrogens is 500 g/mol. The average molecular weight is 525 g/mol. The lowest BCUT2D eigenvalue weighted by Gasteiger charge is -2.09. The van der Waals surface area contributed by atoms with Crippen molar-refractivity contribution >= 4 is 38.5 Å². The molecule has 0 radical (unpaired) electrons. The number of imide groups is 1. The number of amides is 2. The van der Waals surface area contributed by atoms with Crippen LogP contribution in [0.3, 0.4) is 0 Å². The summed E-state index contributed by atoms with van der Waals surface area (Å²) in [4.78, 5) is 28.7. The Morgan fingerprint density at radius 2 is 1.58 bits per heavy atom. The summed E-state index contributed by atoms with van der Waals surface area (Å²) in [5.41, 5.74) is 2.29. The van der Waals surface area contributed by atoms with Crippen LogP contribution in [0.4, 0.5) is 4.79 Å². The summed E-state index contributed by atoms with van der Waals surface area (Å²) in [5, 5.41) is 5.65. The molecule has 8 nitrogen and oxygen atoms in total. The first-order valence-electron chi connectivity index (χ1n) is 11.1. The van der Waals surface area contributed by atoms with Crippen LogP contribution in [0.25, 0.3) is 0 Å². The molecule has 1 aliphatic rings. The second-order valence-corrected chi connectivity index (χ2v) is 11.1. The third kappa shape index (κ3) is 6.32. The molecule has 1 heterocycles. The Kier molecular flexibility index (Phi) is 8.07. The topological polar surface area (TPSA) is 111 Å². The maximum absolute atomic E-state index is 12.7. The molecule has 4 rings (SSSR count).